The molecule has 0 aromatic rings. The normalized spacial score (nSPS) is 20.9. The topological polar surface area (TPSA) is 152 Å². The quantitative estimate of drug-likeness (QED) is 0.0276. The van der Waals surface area contributed by atoms with Gasteiger partial charge in [-0.25, -0.2) is 0 Å². The van der Waals surface area contributed by atoms with Crippen LogP contribution in [0.5, 0.6) is 0 Å². The van der Waals surface area contributed by atoms with Gasteiger partial charge in [0.2, 0.25) is 0 Å². The van der Waals surface area contributed by atoms with E-state index in [1.54, 1.807) is 0 Å². The van der Waals surface area contributed by atoms with Crippen LogP contribution in [0, 0.1) is 0 Å². The standard InChI is InChI=1S/C44H80O10/c1-3-5-7-9-11-13-15-17-19-21-23-25-27-29-31-33-40(47)53-37(36-52-44-43(50)42(49)41(48)38(34-45)54-44)35-51-39(46)32-30-28-26-24-22-20-18-16-14-12-10-8-6-4-2/h11,13,17,19,37-38,41-45,48-50H,3-10,12,14-16,18,20-36H2,1-2H3/b13-11+,19-17+/t37-,38-,41+,42?,43?,44-/m0/s1. The van der Waals surface area contributed by atoms with Crippen LogP contribution >= 0.6 is 0 Å². The molecule has 54 heavy (non-hydrogen) atoms. The number of rotatable bonds is 36. The summed E-state index contributed by atoms with van der Waals surface area (Å²) in [4.78, 5) is 25.3. The molecule has 0 aromatic carbocycles. The van der Waals surface area contributed by atoms with Gasteiger partial charge in [0.25, 0.3) is 0 Å². The van der Waals surface area contributed by atoms with Gasteiger partial charge in [-0.05, 0) is 44.9 Å². The van der Waals surface area contributed by atoms with Gasteiger partial charge < -0.3 is 39.4 Å². The predicted molar refractivity (Wildman–Crippen MR) is 215 cm³/mol. The molecule has 0 saturated carbocycles. The average molecular weight is 769 g/mol. The second-order valence-electron chi connectivity index (χ2n) is 15.2. The molecule has 2 unspecified atom stereocenters. The number of aliphatic hydroxyl groups is 4. The van der Waals surface area contributed by atoms with Gasteiger partial charge in [-0.3, -0.25) is 9.59 Å². The summed E-state index contributed by atoms with van der Waals surface area (Å²) in [5, 5.41) is 40.0. The first-order valence-corrected chi connectivity index (χ1v) is 21.9. The van der Waals surface area contributed by atoms with E-state index in [-0.39, 0.29) is 32.0 Å². The second kappa shape index (κ2) is 35.6. The van der Waals surface area contributed by atoms with E-state index in [1.165, 1.54) is 96.3 Å². The van der Waals surface area contributed by atoms with Gasteiger partial charge in [-0.1, -0.05) is 154 Å². The summed E-state index contributed by atoms with van der Waals surface area (Å²) < 4.78 is 22.1. The molecule has 1 aliphatic heterocycles. The largest absolute Gasteiger partial charge is 0.462 e. The number of allylic oxidation sites excluding steroid dienone is 4. The SMILES string of the molecule is CCCCC/C=C/C/C=C/CCCCCCCC(=O)O[C@@H](COC(=O)CCCCCCCCCCCCCCCC)CO[C@H]1O[C@@H](CO)[C@@H](O)C(O)C1O. The first-order chi connectivity index (χ1) is 26.3. The van der Waals surface area contributed by atoms with Gasteiger partial charge in [0.05, 0.1) is 13.2 Å². The van der Waals surface area contributed by atoms with E-state index in [0.29, 0.717) is 6.42 Å². The zero-order chi connectivity index (χ0) is 39.5. The Bertz CT molecular complexity index is 938. The van der Waals surface area contributed by atoms with Crippen molar-refractivity contribution in [2.24, 2.45) is 0 Å². The molecule has 0 radical (unpaired) electrons. The van der Waals surface area contributed by atoms with Crippen LogP contribution in [0.2, 0.25) is 0 Å². The lowest BCUT2D eigenvalue weighted by Gasteiger charge is -2.39. The van der Waals surface area contributed by atoms with Gasteiger partial charge in [-0.15, -0.1) is 0 Å². The molecule has 10 nitrogen and oxygen atoms in total. The number of esters is 2. The molecule has 10 heteroatoms. The number of aliphatic hydroxyl groups excluding tert-OH is 4. The Hall–Kier alpha value is -1.82. The lowest BCUT2D eigenvalue weighted by atomic mass is 9.99. The Morgan fingerprint density at radius 2 is 1.04 bits per heavy atom. The number of unbranched alkanes of at least 4 members (excludes halogenated alkanes) is 21. The highest BCUT2D eigenvalue weighted by atomic mass is 16.7. The van der Waals surface area contributed by atoms with Gasteiger partial charge in [0.15, 0.2) is 12.4 Å². The van der Waals surface area contributed by atoms with Gasteiger partial charge in [0.1, 0.15) is 31.0 Å². The minimum atomic E-state index is -1.59. The average Bonchev–Trinajstić information content (AvgIpc) is 3.17. The van der Waals surface area contributed by atoms with Crippen molar-refractivity contribution >= 4 is 11.9 Å². The Balaban J connectivity index is 2.35. The predicted octanol–water partition coefficient (Wildman–Crippen LogP) is 8.94. The summed E-state index contributed by atoms with van der Waals surface area (Å²) >= 11 is 0. The monoisotopic (exact) mass is 769 g/mol. The van der Waals surface area contributed by atoms with Crippen molar-refractivity contribution in [1.29, 1.82) is 0 Å². The minimum absolute atomic E-state index is 0.216. The summed E-state index contributed by atoms with van der Waals surface area (Å²) in [5.41, 5.74) is 0. The van der Waals surface area contributed by atoms with Crippen LogP contribution in [-0.2, 0) is 28.5 Å². The van der Waals surface area contributed by atoms with Gasteiger partial charge in [-0.2, -0.15) is 0 Å². The maximum absolute atomic E-state index is 12.7. The molecule has 0 bridgehead atoms. The molecule has 0 aromatic heterocycles. The fraction of sp³-hybridized carbons (Fsp3) is 0.864. The Kier molecular flexibility index (Phi) is 33.1. The third kappa shape index (κ3) is 26.9. The molecule has 1 aliphatic rings. The zero-order valence-electron chi connectivity index (χ0n) is 34.2. The number of carbonyl (C=O) groups is 2. The van der Waals surface area contributed by atoms with Crippen LogP contribution in [0.1, 0.15) is 187 Å². The third-order valence-corrected chi connectivity index (χ3v) is 10.1. The smallest absolute Gasteiger partial charge is 0.306 e. The molecule has 4 N–H and O–H groups in total. The second-order valence-corrected chi connectivity index (χ2v) is 15.2. The molecular formula is C44H80O10. The lowest BCUT2D eigenvalue weighted by Crippen LogP contribution is -2.59. The maximum atomic E-state index is 12.7. The minimum Gasteiger partial charge on any atom is -0.462 e. The molecule has 0 aliphatic carbocycles. The molecular weight excluding hydrogens is 688 g/mol. The van der Waals surface area contributed by atoms with Gasteiger partial charge >= 0.3 is 11.9 Å². The van der Waals surface area contributed by atoms with Crippen molar-refractivity contribution in [2.75, 3.05) is 19.8 Å². The van der Waals surface area contributed by atoms with E-state index in [1.807, 2.05) is 0 Å². The molecule has 1 fully saturated rings. The van der Waals surface area contributed by atoms with E-state index < -0.39 is 49.4 Å². The fourth-order valence-corrected chi connectivity index (χ4v) is 6.57. The Morgan fingerprint density at radius 3 is 1.57 bits per heavy atom. The summed E-state index contributed by atoms with van der Waals surface area (Å²) in [6, 6.07) is 0. The fourth-order valence-electron chi connectivity index (χ4n) is 6.57. The molecule has 0 amide bonds. The highest BCUT2D eigenvalue weighted by Crippen LogP contribution is 2.22. The van der Waals surface area contributed by atoms with E-state index >= 15 is 0 Å². The lowest BCUT2D eigenvalue weighted by molar-refractivity contribution is -0.305. The van der Waals surface area contributed by atoms with Gasteiger partial charge in [0, 0.05) is 12.8 Å². The molecule has 316 valence electrons. The third-order valence-electron chi connectivity index (χ3n) is 10.1. The molecule has 0 spiro atoms. The number of hydrogen-bond acceptors (Lipinski definition) is 10. The van der Waals surface area contributed by atoms with E-state index in [0.717, 1.165) is 57.8 Å². The summed E-state index contributed by atoms with van der Waals surface area (Å²) in [6.45, 7) is 3.39. The zero-order valence-corrected chi connectivity index (χ0v) is 34.2. The van der Waals surface area contributed by atoms with Crippen LogP contribution in [0.4, 0.5) is 0 Å². The Labute approximate surface area is 328 Å². The van der Waals surface area contributed by atoms with E-state index in [2.05, 4.69) is 38.2 Å². The molecule has 1 heterocycles. The van der Waals surface area contributed by atoms with Crippen LogP contribution in [0.25, 0.3) is 0 Å². The van der Waals surface area contributed by atoms with Crippen molar-refractivity contribution in [3.05, 3.63) is 24.3 Å². The van der Waals surface area contributed by atoms with Crippen LogP contribution in [0.3, 0.4) is 0 Å². The first-order valence-electron chi connectivity index (χ1n) is 21.9. The van der Waals surface area contributed by atoms with Crippen LogP contribution in [-0.4, -0.2) is 89.0 Å². The number of carbonyl (C=O) groups excluding carboxylic acids is 2. The summed E-state index contributed by atoms with van der Waals surface area (Å²) in [5.74, 6) is -0.817. The summed E-state index contributed by atoms with van der Waals surface area (Å²) in [7, 11) is 0. The first kappa shape index (κ1) is 50.2. The van der Waals surface area contributed by atoms with Crippen molar-refractivity contribution in [1.82, 2.24) is 0 Å². The van der Waals surface area contributed by atoms with E-state index in [9.17, 15) is 30.0 Å². The summed E-state index contributed by atoms with van der Waals surface area (Å²) in [6.07, 6.45) is 30.3. The van der Waals surface area contributed by atoms with E-state index in [4.69, 9.17) is 18.9 Å². The molecule has 1 saturated heterocycles. The van der Waals surface area contributed by atoms with Crippen LogP contribution < -0.4 is 0 Å². The molecule has 1 rings (SSSR count). The van der Waals surface area contributed by atoms with Crippen molar-refractivity contribution in [3.63, 3.8) is 0 Å². The number of ether oxygens (including phenoxy) is 4. The number of hydrogen-bond donors (Lipinski definition) is 4. The highest BCUT2D eigenvalue weighted by molar-refractivity contribution is 5.70. The maximum Gasteiger partial charge on any atom is 0.306 e. The Morgan fingerprint density at radius 1 is 0.574 bits per heavy atom. The van der Waals surface area contributed by atoms with Crippen molar-refractivity contribution in [2.45, 2.75) is 224 Å². The van der Waals surface area contributed by atoms with Crippen molar-refractivity contribution in [3.8, 4) is 0 Å². The van der Waals surface area contributed by atoms with Crippen LogP contribution in [0.15, 0.2) is 24.3 Å². The van der Waals surface area contributed by atoms with Crippen molar-refractivity contribution < 1.29 is 49.0 Å². The molecule has 6 atom stereocenters. The highest BCUT2D eigenvalue weighted by Gasteiger charge is 2.44.